The number of phenolic OH excluding ortho intramolecular Hbond substituents is 1. The fourth-order valence-corrected chi connectivity index (χ4v) is 2.26. The van der Waals surface area contributed by atoms with Gasteiger partial charge in [0.2, 0.25) is 0 Å². The molecule has 1 aliphatic rings. The van der Waals surface area contributed by atoms with Crippen molar-refractivity contribution >= 4 is 5.91 Å². The van der Waals surface area contributed by atoms with Crippen molar-refractivity contribution in [1.29, 1.82) is 0 Å². The Balaban J connectivity index is 2.05. The van der Waals surface area contributed by atoms with Crippen LogP contribution in [0.3, 0.4) is 0 Å². The molecule has 98 valence electrons. The molecule has 0 spiro atoms. The van der Waals surface area contributed by atoms with Crippen LogP contribution in [0.1, 0.15) is 35.7 Å². The van der Waals surface area contributed by atoms with E-state index in [4.69, 9.17) is 4.74 Å². The predicted molar refractivity (Wildman–Crippen MR) is 68.7 cm³/mol. The molecule has 2 unspecified atom stereocenters. The average Bonchev–Trinajstić information content (AvgIpc) is 2.32. The van der Waals surface area contributed by atoms with Gasteiger partial charge in [0.15, 0.2) is 0 Å². The molecule has 0 radical (unpaired) electrons. The lowest BCUT2D eigenvalue weighted by molar-refractivity contribution is 0.0136. The zero-order valence-electron chi connectivity index (χ0n) is 10.8. The van der Waals surface area contributed by atoms with Crippen LogP contribution >= 0.6 is 0 Å². The molecule has 0 aromatic heterocycles. The Kier molecular flexibility index (Phi) is 3.87. The second-order valence-electron chi connectivity index (χ2n) is 4.83. The first-order valence-electron chi connectivity index (χ1n) is 6.29. The third-order valence-corrected chi connectivity index (χ3v) is 3.37. The van der Waals surface area contributed by atoms with E-state index in [1.165, 1.54) is 0 Å². The van der Waals surface area contributed by atoms with Crippen molar-refractivity contribution in [2.45, 2.75) is 38.8 Å². The first-order chi connectivity index (χ1) is 8.58. The van der Waals surface area contributed by atoms with Crippen LogP contribution in [0.5, 0.6) is 5.75 Å². The molecule has 1 amide bonds. The normalized spacial score (nSPS) is 23.7. The van der Waals surface area contributed by atoms with E-state index in [-0.39, 0.29) is 23.8 Å². The molecule has 1 aromatic carbocycles. The van der Waals surface area contributed by atoms with Gasteiger partial charge in [-0.15, -0.1) is 0 Å². The smallest absolute Gasteiger partial charge is 0.251 e. The summed E-state index contributed by atoms with van der Waals surface area (Å²) >= 11 is 0. The van der Waals surface area contributed by atoms with Crippen molar-refractivity contribution in [2.75, 3.05) is 6.61 Å². The fraction of sp³-hybridized carbons (Fsp3) is 0.500. The van der Waals surface area contributed by atoms with Crippen LogP contribution in [0.15, 0.2) is 18.2 Å². The lowest BCUT2D eigenvalue weighted by Gasteiger charge is -2.28. The summed E-state index contributed by atoms with van der Waals surface area (Å²) in [5.74, 6) is 0.0329. The number of nitrogens with one attached hydrogen (secondary N) is 1. The van der Waals surface area contributed by atoms with Crippen LogP contribution in [0.2, 0.25) is 0 Å². The lowest BCUT2D eigenvalue weighted by Crippen LogP contribution is -2.41. The molecule has 0 bridgehead atoms. The van der Waals surface area contributed by atoms with Gasteiger partial charge in [-0.3, -0.25) is 4.79 Å². The lowest BCUT2D eigenvalue weighted by atomic mass is 10.0. The summed E-state index contributed by atoms with van der Waals surface area (Å²) in [4.78, 5) is 12.1. The van der Waals surface area contributed by atoms with Crippen molar-refractivity contribution < 1.29 is 14.6 Å². The van der Waals surface area contributed by atoms with E-state index in [1.54, 1.807) is 25.1 Å². The summed E-state index contributed by atoms with van der Waals surface area (Å²) < 4.78 is 5.45. The van der Waals surface area contributed by atoms with E-state index in [0.717, 1.165) is 12.8 Å². The van der Waals surface area contributed by atoms with Gasteiger partial charge in [0, 0.05) is 23.8 Å². The molecule has 1 fully saturated rings. The Hall–Kier alpha value is -1.55. The molecule has 1 heterocycles. The number of benzene rings is 1. The molecule has 2 rings (SSSR count). The van der Waals surface area contributed by atoms with Gasteiger partial charge in [-0.1, -0.05) is 6.07 Å². The van der Waals surface area contributed by atoms with Gasteiger partial charge in [0.05, 0.1) is 6.10 Å². The number of hydrogen-bond donors (Lipinski definition) is 2. The van der Waals surface area contributed by atoms with E-state index >= 15 is 0 Å². The monoisotopic (exact) mass is 249 g/mol. The molecule has 1 aromatic rings. The number of carbonyl (C=O) groups excluding carboxylic acids is 1. The van der Waals surface area contributed by atoms with Crippen LogP contribution in [-0.4, -0.2) is 29.8 Å². The first-order valence-corrected chi connectivity index (χ1v) is 6.29. The standard InChI is InChI=1S/C14H19NO3/c1-9-8-11(6-7-18-9)15-14(17)12-4-3-5-13(16)10(12)2/h3-5,9,11,16H,6-8H2,1-2H3,(H,15,17). The summed E-state index contributed by atoms with van der Waals surface area (Å²) in [6, 6.07) is 5.16. The Labute approximate surface area is 107 Å². The van der Waals surface area contributed by atoms with E-state index in [0.29, 0.717) is 17.7 Å². The predicted octanol–water partition coefficient (Wildman–Crippen LogP) is 2.00. The quantitative estimate of drug-likeness (QED) is 0.842. The highest BCUT2D eigenvalue weighted by Gasteiger charge is 2.22. The zero-order chi connectivity index (χ0) is 13.1. The zero-order valence-corrected chi connectivity index (χ0v) is 10.8. The number of ether oxygens (including phenoxy) is 1. The summed E-state index contributed by atoms with van der Waals surface area (Å²) in [7, 11) is 0. The van der Waals surface area contributed by atoms with Crippen molar-refractivity contribution in [2.24, 2.45) is 0 Å². The van der Waals surface area contributed by atoms with Gasteiger partial charge in [0.1, 0.15) is 5.75 Å². The van der Waals surface area contributed by atoms with E-state index in [2.05, 4.69) is 5.32 Å². The van der Waals surface area contributed by atoms with Gasteiger partial charge < -0.3 is 15.2 Å². The van der Waals surface area contributed by atoms with Gasteiger partial charge in [0.25, 0.3) is 5.91 Å². The number of aromatic hydroxyl groups is 1. The van der Waals surface area contributed by atoms with Crippen LogP contribution in [0.4, 0.5) is 0 Å². The van der Waals surface area contributed by atoms with Crippen LogP contribution in [0, 0.1) is 6.92 Å². The molecule has 18 heavy (non-hydrogen) atoms. The summed E-state index contributed by atoms with van der Waals surface area (Å²) in [6.07, 6.45) is 1.87. The van der Waals surface area contributed by atoms with E-state index in [1.807, 2.05) is 6.92 Å². The molecule has 2 N–H and O–H groups in total. The minimum absolute atomic E-state index is 0.123. The van der Waals surface area contributed by atoms with Crippen LogP contribution < -0.4 is 5.32 Å². The third kappa shape index (κ3) is 2.82. The Morgan fingerprint density at radius 1 is 1.50 bits per heavy atom. The number of amides is 1. The SMILES string of the molecule is Cc1c(O)cccc1C(=O)NC1CCOC(C)C1. The van der Waals surface area contributed by atoms with Gasteiger partial charge in [-0.05, 0) is 38.8 Å². The van der Waals surface area contributed by atoms with Crippen LogP contribution in [-0.2, 0) is 4.74 Å². The highest BCUT2D eigenvalue weighted by molar-refractivity contribution is 5.96. The van der Waals surface area contributed by atoms with Crippen LogP contribution in [0.25, 0.3) is 0 Å². The number of phenols is 1. The highest BCUT2D eigenvalue weighted by atomic mass is 16.5. The number of carbonyl (C=O) groups is 1. The minimum Gasteiger partial charge on any atom is -0.508 e. The molecular formula is C14H19NO3. The van der Waals surface area contributed by atoms with Gasteiger partial charge in [-0.25, -0.2) is 0 Å². The molecule has 4 heteroatoms. The second-order valence-corrected chi connectivity index (χ2v) is 4.83. The van der Waals surface area contributed by atoms with Crippen molar-refractivity contribution in [3.63, 3.8) is 0 Å². The maximum absolute atomic E-state index is 12.1. The summed E-state index contributed by atoms with van der Waals surface area (Å²) in [5.41, 5.74) is 1.16. The third-order valence-electron chi connectivity index (χ3n) is 3.37. The number of rotatable bonds is 2. The van der Waals surface area contributed by atoms with Gasteiger partial charge in [-0.2, -0.15) is 0 Å². The molecule has 4 nitrogen and oxygen atoms in total. The largest absolute Gasteiger partial charge is 0.508 e. The molecule has 2 atom stereocenters. The van der Waals surface area contributed by atoms with E-state index in [9.17, 15) is 9.90 Å². The highest BCUT2D eigenvalue weighted by Crippen LogP contribution is 2.20. The molecule has 1 aliphatic heterocycles. The summed E-state index contributed by atoms with van der Waals surface area (Å²) in [6.45, 7) is 4.44. The second kappa shape index (κ2) is 5.40. The maximum Gasteiger partial charge on any atom is 0.251 e. The maximum atomic E-state index is 12.1. The Bertz CT molecular complexity index is 445. The minimum atomic E-state index is -0.123. The Morgan fingerprint density at radius 3 is 3.00 bits per heavy atom. The summed E-state index contributed by atoms with van der Waals surface area (Å²) in [5, 5.41) is 12.6. The van der Waals surface area contributed by atoms with Crippen molar-refractivity contribution in [1.82, 2.24) is 5.32 Å². The van der Waals surface area contributed by atoms with Gasteiger partial charge >= 0.3 is 0 Å². The number of hydrogen-bond acceptors (Lipinski definition) is 3. The first kappa shape index (κ1) is 12.9. The molecule has 1 saturated heterocycles. The molecule has 0 aliphatic carbocycles. The topological polar surface area (TPSA) is 58.6 Å². The average molecular weight is 249 g/mol. The Morgan fingerprint density at radius 2 is 2.28 bits per heavy atom. The molecule has 0 saturated carbocycles. The fourth-order valence-electron chi connectivity index (χ4n) is 2.26. The molecular weight excluding hydrogens is 230 g/mol. The van der Waals surface area contributed by atoms with E-state index < -0.39 is 0 Å². The van der Waals surface area contributed by atoms with Crippen molar-refractivity contribution in [3.8, 4) is 5.75 Å². The van der Waals surface area contributed by atoms with Crippen molar-refractivity contribution in [3.05, 3.63) is 29.3 Å².